The summed E-state index contributed by atoms with van der Waals surface area (Å²) in [6, 6.07) is 9.19. The van der Waals surface area contributed by atoms with Crippen LogP contribution in [0, 0.1) is 0 Å². The molecule has 0 spiro atoms. The van der Waals surface area contributed by atoms with Crippen molar-refractivity contribution in [2.75, 3.05) is 24.6 Å². The van der Waals surface area contributed by atoms with Crippen molar-refractivity contribution in [3.05, 3.63) is 40.4 Å². The third-order valence-corrected chi connectivity index (χ3v) is 4.58. The zero-order valence-corrected chi connectivity index (χ0v) is 15.2. The molecule has 130 valence electrons. The van der Waals surface area contributed by atoms with Gasteiger partial charge < -0.3 is 9.64 Å². The van der Waals surface area contributed by atoms with Crippen molar-refractivity contribution < 1.29 is 4.74 Å². The summed E-state index contributed by atoms with van der Waals surface area (Å²) in [6.07, 6.45) is 1.15. The summed E-state index contributed by atoms with van der Waals surface area (Å²) in [5.74, 6) is 1.49. The Bertz CT molecular complexity index is 893. The van der Waals surface area contributed by atoms with Crippen molar-refractivity contribution in [1.29, 1.82) is 0 Å². The number of nitrogens with zero attached hydrogens (tertiary/aromatic N) is 5. The van der Waals surface area contributed by atoms with Gasteiger partial charge in [-0.1, -0.05) is 23.2 Å². The van der Waals surface area contributed by atoms with Crippen molar-refractivity contribution in [2.45, 2.75) is 19.4 Å². The minimum Gasteiger partial charge on any atom is -0.377 e. The first-order valence-corrected chi connectivity index (χ1v) is 8.91. The SMILES string of the molecule is CC1CN(c2ccc3nnc(-c4cc(Cl)cc(Cl)c4)n3n2)CCCO1. The summed E-state index contributed by atoms with van der Waals surface area (Å²) in [5, 5.41) is 14.3. The molecule has 0 aliphatic carbocycles. The van der Waals surface area contributed by atoms with E-state index >= 15 is 0 Å². The maximum absolute atomic E-state index is 6.12. The van der Waals surface area contributed by atoms with Crippen LogP contribution < -0.4 is 4.90 Å². The Morgan fingerprint density at radius 2 is 1.92 bits per heavy atom. The highest BCUT2D eigenvalue weighted by Crippen LogP contribution is 2.27. The van der Waals surface area contributed by atoms with Crippen molar-refractivity contribution in [3.63, 3.8) is 0 Å². The summed E-state index contributed by atoms with van der Waals surface area (Å²) in [6.45, 7) is 4.57. The first-order valence-electron chi connectivity index (χ1n) is 8.15. The molecule has 6 nitrogen and oxygen atoms in total. The van der Waals surface area contributed by atoms with Gasteiger partial charge in [-0.2, -0.15) is 4.52 Å². The van der Waals surface area contributed by atoms with Gasteiger partial charge in [0.2, 0.25) is 0 Å². The Labute approximate surface area is 155 Å². The number of rotatable bonds is 2. The van der Waals surface area contributed by atoms with Crippen LogP contribution in [0.2, 0.25) is 10.0 Å². The maximum atomic E-state index is 6.12. The molecule has 1 aromatic carbocycles. The Kier molecular flexibility index (Phi) is 4.50. The van der Waals surface area contributed by atoms with Crippen LogP contribution in [0.4, 0.5) is 5.82 Å². The number of ether oxygens (including phenoxy) is 1. The van der Waals surface area contributed by atoms with Gasteiger partial charge in [-0.3, -0.25) is 0 Å². The minimum absolute atomic E-state index is 0.173. The first kappa shape index (κ1) is 16.6. The molecule has 8 heteroatoms. The molecule has 3 heterocycles. The quantitative estimate of drug-likeness (QED) is 0.681. The highest BCUT2D eigenvalue weighted by molar-refractivity contribution is 6.35. The first-order chi connectivity index (χ1) is 12.1. The lowest BCUT2D eigenvalue weighted by Gasteiger charge is -2.22. The number of hydrogen-bond donors (Lipinski definition) is 0. The lowest BCUT2D eigenvalue weighted by atomic mass is 10.2. The Morgan fingerprint density at radius 3 is 2.72 bits per heavy atom. The van der Waals surface area contributed by atoms with Crippen LogP contribution in [-0.4, -0.2) is 45.6 Å². The van der Waals surface area contributed by atoms with E-state index in [2.05, 4.69) is 22.0 Å². The third-order valence-electron chi connectivity index (χ3n) is 4.15. The van der Waals surface area contributed by atoms with Crippen LogP contribution in [0.25, 0.3) is 17.0 Å². The second-order valence-electron chi connectivity index (χ2n) is 6.12. The third kappa shape index (κ3) is 3.42. The maximum Gasteiger partial charge on any atom is 0.185 e. The van der Waals surface area contributed by atoms with E-state index in [0.717, 1.165) is 37.5 Å². The standard InChI is InChI=1S/C17H17Cl2N5O/c1-11-10-23(5-2-6-25-11)16-4-3-15-20-21-17(24(15)22-16)12-7-13(18)9-14(19)8-12/h3-4,7-9,11H,2,5-6,10H2,1H3. The van der Waals surface area contributed by atoms with Gasteiger partial charge in [-0.25, -0.2) is 0 Å². The molecule has 1 fully saturated rings. The average molecular weight is 378 g/mol. The van der Waals surface area contributed by atoms with E-state index in [1.807, 2.05) is 12.1 Å². The molecule has 1 aliphatic rings. The highest BCUT2D eigenvalue weighted by Gasteiger charge is 2.18. The Morgan fingerprint density at radius 1 is 1.12 bits per heavy atom. The van der Waals surface area contributed by atoms with Gasteiger partial charge in [0, 0.05) is 35.3 Å². The zero-order chi connectivity index (χ0) is 17.4. The molecule has 4 rings (SSSR count). The van der Waals surface area contributed by atoms with Gasteiger partial charge >= 0.3 is 0 Å². The summed E-state index contributed by atoms with van der Waals surface area (Å²) in [7, 11) is 0. The molecular formula is C17H17Cl2N5O. The number of aromatic nitrogens is 4. The van der Waals surface area contributed by atoms with Gasteiger partial charge in [0.15, 0.2) is 11.5 Å². The van der Waals surface area contributed by atoms with E-state index < -0.39 is 0 Å². The number of fused-ring (bicyclic) bond motifs is 1. The molecule has 3 aromatic rings. The Balaban J connectivity index is 1.77. The molecule has 0 radical (unpaired) electrons. The number of anilines is 1. The summed E-state index contributed by atoms with van der Waals surface area (Å²) in [4.78, 5) is 2.23. The van der Waals surface area contributed by atoms with E-state index in [0.29, 0.717) is 21.5 Å². The predicted octanol–water partition coefficient (Wildman–Crippen LogP) is 3.71. The average Bonchev–Trinajstić information content (AvgIpc) is 2.87. The summed E-state index contributed by atoms with van der Waals surface area (Å²) < 4.78 is 7.45. The monoisotopic (exact) mass is 377 g/mol. The van der Waals surface area contributed by atoms with Crippen LogP contribution >= 0.6 is 23.2 Å². The molecule has 2 aromatic heterocycles. The fraction of sp³-hybridized carbons (Fsp3) is 0.353. The second-order valence-corrected chi connectivity index (χ2v) is 7.00. The van der Waals surface area contributed by atoms with Crippen molar-refractivity contribution in [3.8, 4) is 11.4 Å². The molecule has 0 N–H and O–H groups in total. The fourth-order valence-electron chi connectivity index (χ4n) is 3.01. The molecule has 25 heavy (non-hydrogen) atoms. The second kappa shape index (κ2) is 6.78. The Hall–Kier alpha value is -1.89. The van der Waals surface area contributed by atoms with E-state index in [1.165, 1.54) is 0 Å². The summed E-state index contributed by atoms with van der Waals surface area (Å²) >= 11 is 12.2. The van der Waals surface area contributed by atoms with Gasteiger partial charge in [0.1, 0.15) is 5.82 Å². The fourth-order valence-corrected chi connectivity index (χ4v) is 3.54. The molecule has 0 bridgehead atoms. The van der Waals surface area contributed by atoms with E-state index in [4.69, 9.17) is 33.0 Å². The predicted molar refractivity (Wildman–Crippen MR) is 98.5 cm³/mol. The van der Waals surface area contributed by atoms with E-state index in [1.54, 1.807) is 22.7 Å². The topological polar surface area (TPSA) is 55.6 Å². The normalized spacial score (nSPS) is 18.5. The largest absolute Gasteiger partial charge is 0.377 e. The van der Waals surface area contributed by atoms with Gasteiger partial charge in [-0.15, -0.1) is 15.3 Å². The van der Waals surface area contributed by atoms with Gasteiger partial charge in [0.05, 0.1) is 6.10 Å². The number of hydrogen-bond acceptors (Lipinski definition) is 5. The molecule has 1 atom stereocenters. The molecule has 0 saturated carbocycles. The number of halogens is 2. The van der Waals surface area contributed by atoms with Crippen LogP contribution in [-0.2, 0) is 4.74 Å². The van der Waals surface area contributed by atoms with Crippen LogP contribution in [0.1, 0.15) is 13.3 Å². The molecule has 1 unspecified atom stereocenters. The van der Waals surface area contributed by atoms with Crippen molar-refractivity contribution in [1.82, 2.24) is 19.8 Å². The van der Waals surface area contributed by atoms with E-state index in [9.17, 15) is 0 Å². The molecule has 0 amide bonds. The zero-order valence-electron chi connectivity index (χ0n) is 13.7. The highest BCUT2D eigenvalue weighted by atomic mass is 35.5. The van der Waals surface area contributed by atoms with Crippen LogP contribution in [0.15, 0.2) is 30.3 Å². The molecular weight excluding hydrogens is 361 g/mol. The lowest BCUT2D eigenvalue weighted by molar-refractivity contribution is 0.0820. The van der Waals surface area contributed by atoms with Crippen molar-refractivity contribution >= 4 is 34.7 Å². The van der Waals surface area contributed by atoms with Gasteiger partial charge in [-0.05, 0) is 43.7 Å². The smallest absolute Gasteiger partial charge is 0.185 e. The lowest BCUT2D eigenvalue weighted by Crippen LogP contribution is -2.31. The number of benzene rings is 1. The summed E-state index contributed by atoms with van der Waals surface area (Å²) in [5.41, 5.74) is 1.45. The van der Waals surface area contributed by atoms with Crippen molar-refractivity contribution in [2.24, 2.45) is 0 Å². The molecule has 1 saturated heterocycles. The molecule has 1 aliphatic heterocycles. The minimum atomic E-state index is 0.173. The van der Waals surface area contributed by atoms with Crippen LogP contribution in [0.3, 0.4) is 0 Å². The van der Waals surface area contributed by atoms with Gasteiger partial charge in [0.25, 0.3) is 0 Å². The van der Waals surface area contributed by atoms with E-state index in [-0.39, 0.29) is 6.10 Å². The van der Waals surface area contributed by atoms with Crippen LogP contribution in [0.5, 0.6) is 0 Å².